The molecule has 0 spiro atoms. The fraction of sp³-hybridized carbons (Fsp3) is 0.407. The van der Waals surface area contributed by atoms with Gasteiger partial charge < -0.3 is 29.1 Å². The summed E-state index contributed by atoms with van der Waals surface area (Å²) in [6.07, 6.45) is 0. The monoisotopic (exact) mass is 482 g/mol. The number of nitrogens with zero attached hydrogens (tertiary/aromatic N) is 2. The largest absolute Gasteiger partial charge is 0.507 e. The average Bonchev–Trinajstić information content (AvgIpc) is 3.13. The van der Waals surface area contributed by atoms with Gasteiger partial charge in [-0.15, -0.1) is 0 Å². The summed E-state index contributed by atoms with van der Waals surface area (Å²) in [4.78, 5) is 30.3. The second-order valence-corrected chi connectivity index (χ2v) is 8.31. The second kappa shape index (κ2) is 11.3. The number of hydrogen-bond acceptors (Lipinski definition) is 7. The maximum atomic E-state index is 13.3. The molecule has 2 aromatic rings. The summed E-state index contributed by atoms with van der Waals surface area (Å²) in [5.41, 5.74) is 1.81. The lowest BCUT2D eigenvalue weighted by molar-refractivity contribution is -0.140. The Balaban J connectivity index is 2.20. The summed E-state index contributed by atoms with van der Waals surface area (Å²) in [5, 5.41) is 11.4. The third kappa shape index (κ3) is 5.12. The summed E-state index contributed by atoms with van der Waals surface area (Å²) < 4.78 is 16.2. The highest BCUT2D eigenvalue weighted by atomic mass is 16.5. The number of Topliss-reactive ketones (excluding diaryl/α,β-unsaturated/α-hetero) is 1. The Morgan fingerprint density at radius 2 is 1.60 bits per heavy atom. The van der Waals surface area contributed by atoms with Crippen LogP contribution in [0.4, 0.5) is 0 Å². The van der Waals surface area contributed by atoms with E-state index in [0.29, 0.717) is 41.5 Å². The van der Waals surface area contributed by atoms with Crippen molar-refractivity contribution in [3.05, 3.63) is 58.7 Å². The van der Waals surface area contributed by atoms with Gasteiger partial charge in [0.25, 0.3) is 11.7 Å². The number of carbonyl (C=O) groups excluding carboxylic acids is 2. The summed E-state index contributed by atoms with van der Waals surface area (Å²) in [7, 11) is 4.64. The number of amides is 1. The summed E-state index contributed by atoms with van der Waals surface area (Å²) in [6.45, 7) is 8.48. The van der Waals surface area contributed by atoms with E-state index >= 15 is 0 Å². The molecule has 0 aliphatic carbocycles. The molecule has 0 unspecified atom stereocenters. The van der Waals surface area contributed by atoms with Crippen LogP contribution in [0.5, 0.6) is 17.2 Å². The van der Waals surface area contributed by atoms with Crippen LogP contribution in [0, 0.1) is 6.92 Å². The summed E-state index contributed by atoms with van der Waals surface area (Å²) >= 11 is 0. The minimum atomic E-state index is -0.812. The second-order valence-electron chi connectivity index (χ2n) is 8.31. The van der Waals surface area contributed by atoms with Crippen molar-refractivity contribution in [3.63, 3.8) is 0 Å². The Morgan fingerprint density at radius 1 is 0.971 bits per heavy atom. The molecule has 1 aliphatic rings. The Morgan fingerprint density at radius 3 is 2.17 bits per heavy atom. The van der Waals surface area contributed by atoms with Crippen molar-refractivity contribution in [1.82, 2.24) is 9.80 Å². The number of aryl methyl sites for hydroxylation is 1. The van der Waals surface area contributed by atoms with Crippen molar-refractivity contribution in [2.75, 3.05) is 47.5 Å². The molecule has 0 saturated carbocycles. The van der Waals surface area contributed by atoms with Gasteiger partial charge in [0, 0.05) is 30.3 Å². The highest BCUT2D eigenvalue weighted by Gasteiger charge is 2.47. The SMILES string of the molecule is CCN(CC)CCN1C(=O)C(=O)/C(=C(/O)c2ccc(OC)cc2C)[C@H]1c1ccc(OC)cc1OC. The minimum Gasteiger partial charge on any atom is -0.507 e. The van der Waals surface area contributed by atoms with Gasteiger partial charge in [-0.3, -0.25) is 9.59 Å². The molecule has 0 aromatic heterocycles. The molecule has 1 aliphatic heterocycles. The first-order chi connectivity index (χ1) is 16.8. The zero-order valence-corrected chi connectivity index (χ0v) is 21.3. The molecule has 35 heavy (non-hydrogen) atoms. The van der Waals surface area contributed by atoms with Crippen molar-refractivity contribution >= 4 is 17.4 Å². The van der Waals surface area contributed by atoms with E-state index in [4.69, 9.17) is 14.2 Å². The molecule has 1 heterocycles. The number of aliphatic hydroxyl groups is 1. The van der Waals surface area contributed by atoms with Crippen LogP contribution < -0.4 is 14.2 Å². The van der Waals surface area contributed by atoms with Crippen LogP contribution in [0.3, 0.4) is 0 Å². The fourth-order valence-electron chi connectivity index (χ4n) is 4.44. The maximum Gasteiger partial charge on any atom is 0.295 e. The van der Waals surface area contributed by atoms with Crippen molar-refractivity contribution < 1.29 is 28.9 Å². The van der Waals surface area contributed by atoms with Crippen LogP contribution in [0.15, 0.2) is 42.0 Å². The molecule has 1 fully saturated rings. The highest BCUT2D eigenvalue weighted by Crippen LogP contribution is 2.44. The number of aliphatic hydroxyl groups excluding tert-OH is 1. The third-order valence-corrected chi connectivity index (χ3v) is 6.52. The van der Waals surface area contributed by atoms with Crippen molar-refractivity contribution in [3.8, 4) is 17.2 Å². The smallest absolute Gasteiger partial charge is 0.295 e. The van der Waals surface area contributed by atoms with E-state index in [1.165, 1.54) is 12.0 Å². The molecule has 1 N–H and O–H groups in total. The molecule has 1 saturated heterocycles. The van der Waals surface area contributed by atoms with E-state index in [1.807, 2.05) is 20.8 Å². The van der Waals surface area contributed by atoms with Crippen molar-refractivity contribution in [1.29, 1.82) is 0 Å². The van der Waals surface area contributed by atoms with Gasteiger partial charge in [-0.25, -0.2) is 0 Å². The van der Waals surface area contributed by atoms with Gasteiger partial charge in [-0.2, -0.15) is 0 Å². The number of likely N-dealkylation sites (tertiary alicyclic amines) is 1. The summed E-state index contributed by atoms with van der Waals surface area (Å²) in [6, 6.07) is 9.59. The average molecular weight is 483 g/mol. The molecule has 8 heteroatoms. The van der Waals surface area contributed by atoms with Crippen molar-refractivity contribution in [2.24, 2.45) is 0 Å². The summed E-state index contributed by atoms with van der Waals surface area (Å²) in [5.74, 6) is 0.0785. The quantitative estimate of drug-likeness (QED) is 0.313. The molecular weight excluding hydrogens is 448 g/mol. The van der Waals surface area contributed by atoms with Gasteiger partial charge in [0.2, 0.25) is 0 Å². The van der Waals surface area contributed by atoms with Crippen molar-refractivity contribution in [2.45, 2.75) is 26.8 Å². The van der Waals surface area contributed by atoms with Crippen LogP contribution in [0.25, 0.3) is 5.76 Å². The van der Waals surface area contributed by atoms with E-state index in [0.717, 1.165) is 18.7 Å². The zero-order chi connectivity index (χ0) is 25.7. The molecule has 0 radical (unpaired) electrons. The number of hydrogen-bond donors (Lipinski definition) is 1. The Bertz CT molecular complexity index is 1120. The molecule has 1 amide bonds. The van der Waals surface area contributed by atoms with Gasteiger partial charge >= 0.3 is 0 Å². The normalized spacial score (nSPS) is 17.2. The first-order valence-corrected chi connectivity index (χ1v) is 11.7. The third-order valence-electron chi connectivity index (χ3n) is 6.52. The van der Waals surface area contributed by atoms with Gasteiger partial charge in [-0.1, -0.05) is 13.8 Å². The van der Waals surface area contributed by atoms with Gasteiger partial charge in [-0.05, 0) is 55.9 Å². The van der Waals surface area contributed by atoms with Crippen LogP contribution in [-0.4, -0.2) is 74.1 Å². The lowest BCUT2D eigenvalue weighted by atomic mass is 9.93. The number of carbonyl (C=O) groups is 2. The van der Waals surface area contributed by atoms with Crippen LogP contribution in [-0.2, 0) is 9.59 Å². The number of ketones is 1. The number of methoxy groups -OCH3 is 3. The lowest BCUT2D eigenvalue weighted by Crippen LogP contribution is -2.38. The van der Waals surface area contributed by atoms with E-state index in [2.05, 4.69) is 4.90 Å². The molecule has 3 rings (SSSR count). The van der Waals surface area contributed by atoms with E-state index in [-0.39, 0.29) is 11.3 Å². The Kier molecular flexibility index (Phi) is 8.40. The molecule has 2 aromatic carbocycles. The molecular formula is C27H34N2O6. The Hall–Kier alpha value is -3.52. The zero-order valence-electron chi connectivity index (χ0n) is 21.3. The number of rotatable bonds is 10. The van der Waals surface area contributed by atoms with E-state index in [1.54, 1.807) is 50.6 Å². The van der Waals surface area contributed by atoms with Gasteiger partial charge in [0.1, 0.15) is 23.0 Å². The number of ether oxygens (including phenoxy) is 3. The first kappa shape index (κ1) is 26.1. The molecule has 0 bridgehead atoms. The predicted octanol–water partition coefficient (Wildman–Crippen LogP) is 3.78. The standard InChI is InChI=1S/C27H34N2O6/c1-7-28(8-2)13-14-29-24(21-12-10-19(34-5)16-22(21)35-6)23(26(31)27(29)32)25(30)20-11-9-18(33-4)15-17(20)3/h9-12,15-16,24,30H,7-8,13-14H2,1-6H3/b25-23+/t24-/m1/s1. The predicted molar refractivity (Wildman–Crippen MR) is 134 cm³/mol. The molecule has 1 atom stereocenters. The first-order valence-electron chi connectivity index (χ1n) is 11.7. The van der Waals surface area contributed by atoms with E-state index in [9.17, 15) is 14.7 Å². The lowest BCUT2D eigenvalue weighted by Gasteiger charge is -2.29. The van der Waals surface area contributed by atoms with Crippen LogP contribution in [0.2, 0.25) is 0 Å². The van der Waals surface area contributed by atoms with Gasteiger partial charge in [0.05, 0.1) is 32.9 Å². The minimum absolute atomic E-state index is 0.0336. The highest BCUT2D eigenvalue weighted by molar-refractivity contribution is 6.46. The maximum absolute atomic E-state index is 13.3. The van der Waals surface area contributed by atoms with Crippen LogP contribution in [0.1, 0.15) is 36.6 Å². The Labute approximate surface area is 206 Å². The topological polar surface area (TPSA) is 88.5 Å². The number of likely N-dealkylation sites (N-methyl/N-ethyl adjacent to an activating group) is 1. The van der Waals surface area contributed by atoms with Crippen LogP contribution >= 0.6 is 0 Å². The van der Waals surface area contributed by atoms with E-state index < -0.39 is 17.7 Å². The number of benzene rings is 2. The molecule has 188 valence electrons. The molecule has 8 nitrogen and oxygen atoms in total. The van der Waals surface area contributed by atoms with Gasteiger partial charge in [0.15, 0.2) is 0 Å². The fourth-order valence-corrected chi connectivity index (χ4v) is 4.44.